The van der Waals surface area contributed by atoms with Gasteiger partial charge in [0.2, 0.25) is 5.91 Å². The summed E-state index contributed by atoms with van der Waals surface area (Å²) in [5.74, 6) is -1.23. The molecule has 1 saturated heterocycles. The molecule has 0 saturated carbocycles. The molecular formula is C29H27N5O4S. The molecule has 2 aromatic heterocycles. The van der Waals surface area contributed by atoms with Crippen LogP contribution in [0.5, 0.6) is 0 Å². The number of methoxy groups -OCH3 is 1. The minimum atomic E-state index is -0.990. The third-order valence-corrected chi connectivity index (χ3v) is 6.90. The molecule has 0 aliphatic carbocycles. The lowest BCUT2D eigenvalue weighted by atomic mass is 10.00. The Morgan fingerprint density at radius 2 is 1.92 bits per heavy atom. The summed E-state index contributed by atoms with van der Waals surface area (Å²) in [6.07, 6.45) is 3.65. The third-order valence-electron chi connectivity index (χ3n) is 6.59. The Hall–Kier alpha value is -4.54. The number of carboxylic acid groups (broad SMARTS) is 1. The molecule has 1 aliphatic heterocycles. The monoisotopic (exact) mass is 541 g/mol. The number of carboxylic acids is 1. The molecule has 1 aliphatic rings. The molecule has 0 bridgehead atoms. The number of rotatable bonds is 8. The lowest BCUT2D eigenvalue weighted by Gasteiger charge is -2.29. The topological polar surface area (TPSA) is 109 Å². The number of aromatic carboxylic acids is 1. The minimum Gasteiger partial charge on any atom is -0.478 e. The SMILES string of the molecule is COCC(=O)Nc1ccc(N2C(=S)N[C@@H](c3ccccn3)[C@@H]2c2cccn2-c2cccc(C(=O)O)c2)cc1C. The summed E-state index contributed by atoms with van der Waals surface area (Å²) in [5.41, 5.74) is 5.03. The molecule has 198 valence electrons. The summed E-state index contributed by atoms with van der Waals surface area (Å²) in [6, 6.07) is 21.6. The van der Waals surface area contributed by atoms with Gasteiger partial charge >= 0.3 is 5.97 Å². The highest BCUT2D eigenvalue weighted by Crippen LogP contribution is 2.43. The number of hydrogen-bond donors (Lipinski definition) is 3. The number of amides is 1. The van der Waals surface area contributed by atoms with Gasteiger partial charge in [-0.3, -0.25) is 9.78 Å². The van der Waals surface area contributed by atoms with Gasteiger partial charge in [0.25, 0.3) is 0 Å². The molecule has 2 atom stereocenters. The van der Waals surface area contributed by atoms with Crippen molar-refractivity contribution >= 4 is 40.6 Å². The number of thiocarbonyl (C=S) groups is 1. The number of aryl methyl sites for hydroxylation is 1. The molecular weight excluding hydrogens is 514 g/mol. The van der Waals surface area contributed by atoms with Crippen molar-refractivity contribution in [1.29, 1.82) is 0 Å². The Morgan fingerprint density at radius 1 is 1.08 bits per heavy atom. The lowest BCUT2D eigenvalue weighted by Crippen LogP contribution is -2.30. The molecule has 0 spiro atoms. The highest BCUT2D eigenvalue weighted by molar-refractivity contribution is 7.80. The van der Waals surface area contributed by atoms with Crippen LogP contribution >= 0.6 is 12.2 Å². The Bertz CT molecular complexity index is 1540. The molecule has 39 heavy (non-hydrogen) atoms. The van der Waals surface area contributed by atoms with Crippen molar-refractivity contribution in [2.75, 3.05) is 23.9 Å². The Balaban J connectivity index is 1.60. The van der Waals surface area contributed by atoms with E-state index in [-0.39, 0.29) is 30.2 Å². The molecule has 4 aromatic rings. The predicted octanol–water partition coefficient (Wildman–Crippen LogP) is 4.64. The molecule has 3 N–H and O–H groups in total. The van der Waals surface area contributed by atoms with Gasteiger partial charge in [0, 0.05) is 42.3 Å². The summed E-state index contributed by atoms with van der Waals surface area (Å²) in [7, 11) is 1.47. The van der Waals surface area contributed by atoms with E-state index in [4.69, 9.17) is 17.0 Å². The molecule has 10 heteroatoms. The fraction of sp³-hybridized carbons (Fsp3) is 0.172. The van der Waals surface area contributed by atoms with Gasteiger partial charge in [-0.05, 0) is 85.4 Å². The van der Waals surface area contributed by atoms with Crippen LogP contribution in [0.25, 0.3) is 5.69 Å². The van der Waals surface area contributed by atoms with Crippen LogP contribution in [0.3, 0.4) is 0 Å². The van der Waals surface area contributed by atoms with Crippen LogP contribution in [0, 0.1) is 6.92 Å². The van der Waals surface area contributed by atoms with Gasteiger partial charge in [-0.2, -0.15) is 0 Å². The number of anilines is 2. The Morgan fingerprint density at radius 3 is 2.64 bits per heavy atom. The number of ether oxygens (including phenoxy) is 1. The van der Waals surface area contributed by atoms with Crippen LogP contribution in [-0.4, -0.2) is 45.4 Å². The van der Waals surface area contributed by atoms with E-state index in [2.05, 4.69) is 15.6 Å². The van der Waals surface area contributed by atoms with Crippen LogP contribution in [0.15, 0.2) is 85.2 Å². The highest BCUT2D eigenvalue weighted by Gasteiger charge is 2.42. The lowest BCUT2D eigenvalue weighted by molar-refractivity contribution is -0.119. The highest BCUT2D eigenvalue weighted by atomic mass is 32.1. The summed E-state index contributed by atoms with van der Waals surface area (Å²) < 4.78 is 6.90. The number of hydrogen-bond acceptors (Lipinski definition) is 5. The molecule has 5 rings (SSSR count). The zero-order valence-corrected chi connectivity index (χ0v) is 22.2. The van der Waals surface area contributed by atoms with E-state index in [0.717, 1.165) is 28.3 Å². The van der Waals surface area contributed by atoms with Gasteiger partial charge in [0.1, 0.15) is 12.6 Å². The molecule has 2 aromatic carbocycles. The van der Waals surface area contributed by atoms with Crippen molar-refractivity contribution in [1.82, 2.24) is 14.9 Å². The van der Waals surface area contributed by atoms with Crippen molar-refractivity contribution in [2.45, 2.75) is 19.0 Å². The number of carbonyl (C=O) groups excluding carboxylic acids is 1. The van der Waals surface area contributed by atoms with Crippen molar-refractivity contribution in [2.24, 2.45) is 0 Å². The van der Waals surface area contributed by atoms with Gasteiger partial charge < -0.3 is 29.9 Å². The summed E-state index contributed by atoms with van der Waals surface area (Å²) in [4.78, 5) is 30.4. The van der Waals surface area contributed by atoms with Crippen LogP contribution in [-0.2, 0) is 9.53 Å². The van der Waals surface area contributed by atoms with E-state index >= 15 is 0 Å². The maximum Gasteiger partial charge on any atom is 0.335 e. The molecule has 0 unspecified atom stereocenters. The zero-order chi connectivity index (χ0) is 27.5. The summed E-state index contributed by atoms with van der Waals surface area (Å²) >= 11 is 5.86. The predicted molar refractivity (Wildman–Crippen MR) is 152 cm³/mol. The van der Waals surface area contributed by atoms with Crippen molar-refractivity contribution < 1.29 is 19.4 Å². The second-order valence-corrected chi connectivity index (χ2v) is 9.52. The quantitative estimate of drug-likeness (QED) is 0.277. The van der Waals surface area contributed by atoms with Crippen molar-refractivity contribution in [3.05, 3.63) is 108 Å². The van der Waals surface area contributed by atoms with Gasteiger partial charge in [0.05, 0.1) is 17.3 Å². The van der Waals surface area contributed by atoms with Crippen molar-refractivity contribution in [3.8, 4) is 5.69 Å². The summed E-state index contributed by atoms with van der Waals surface area (Å²) in [6.45, 7) is 1.89. The van der Waals surface area contributed by atoms with E-state index < -0.39 is 5.97 Å². The molecule has 1 amide bonds. The van der Waals surface area contributed by atoms with Crippen LogP contribution in [0.4, 0.5) is 11.4 Å². The molecule has 3 heterocycles. The summed E-state index contributed by atoms with van der Waals surface area (Å²) in [5, 5.41) is 16.4. The number of aromatic nitrogens is 2. The molecule has 1 fully saturated rings. The maximum absolute atomic E-state index is 12.1. The van der Waals surface area contributed by atoms with Gasteiger partial charge in [-0.15, -0.1) is 0 Å². The van der Waals surface area contributed by atoms with E-state index in [1.807, 2.05) is 77.2 Å². The Kier molecular flexibility index (Phi) is 7.40. The number of nitrogens with one attached hydrogen (secondary N) is 2. The van der Waals surface area contributed by atoms with Gasteiger partial charge in [0.15, 0.2) is 5.11 Å². The standard InChI is InChI=1S/C29H27N5O4S/c1-18-15-21(11-12-22(18)31-25(35)17-38-2)34-27(26(32-29(34)39)23-9-3-4-13-30-23)24-10-6-14-33(24)20-8-5-7-19(16-20)28(36)37/h3-16,26-27H,17H2,1-2H3,(H,31,35)(H,32,39)(H,36,37)/t26-,27-/m0/s1. The second kappa shape index (κ2) is 11.1. The fourth-order valence-electron chi connectivity index (χ4n) is 4.85. The van der Waals surface area contributed by atoms with E-state index in [9.17, 15) is 14.7 Å². The largest absolute Gasteiger partial charge is 0.478 e. The first-order valence-electron chi connectivity index (χ1n) is 12.3. The van der Waals surface area contributed by atoms with Crippen LogP contribution in [0.1, 0.15) is 39.4 Å². The average Bonchev–Trinajstić information content (AvgIpc) is 3.55. The second-order valence-electron chi connectivity index (χ2n) is 9.14. The first-order chi connectivity index (χ1) is 18.9. The normalized spacial score (nSPS) is 16.7. The maximum atomic E-state index is 12.1. The Labute approximate surface area is 231 Å². The number of pyridine rings is 1. The first kappa shape index (κ1) is 26.1. The van der Waals surface area contributed by atoms with Gasteiger partial charge in [-0.1, -0.05) is 12.1 Å². The zero-order valence-electron chi connectivity index (χ0n) is 21.4. The molecule has 0 radical (unpaired) electrons. The van der Waals surface area contributed by atoms with E-state index in [0.29, 0.717) is 10.8 Å². The van der Waals surface area contributed by atoms with Crippen LogP contribution < -0.4 is 15.5 Å². The number of carbonyl (C=O) groups is 2. The van der Waals surface area contributed by atoms with Gasteiger partial charge in [-0.25, -0.2) is 4.79 Å². The minimum absolute atomic E-state index is 0.0325. The van der Waals surface area contributed by atoms with E-state index in [1.165, 1.54) is 7.11 Å². The third kappa shape index (κ3) is 5.25. The number of benzene rings is 2. The van der Waals surface area contributed by atoms with Crippen LogP contribution in [0.2, 0.25) is 0 Å². The first-order valence-corrected chi connectivity index (χ1v) is 12.7. The number of nitrogens with zero attached hydrogens (tertiary/aromatic N) is 3. The van der Waals surface area contributed by atoms with E-state index in [1.54, 1.807) is 24.4 Å². The fourth-order valence-corrected chi connectivity index (χ4v) is 5.19. The average molecular weight is 542 g/mol. The molecule has 9 nitrogen and oxygen atoms in total. The van der Waals surface area contributed by atoms with Crippen molar-refractivity contribution in [3.63, 3.8) is 0 Å². The smallest absolute Gasteiger partial charge is 0.335 e.